The molecule has 0 fully saturated rings. The highest BCUT2D eigenvalue weighted by Crippen LogP contribution is 2.30. The van der Waals surface area contributed by atoms with Crippen molar-refractivity contribution in [3.05, 3.63) is 110 Å². The number of carbonyl (C=O) groups excluding carboxylic acids is 1. The zero-order valence-electron chi connectivity index (χ0n) is 17.8. The predicted octanol–water partition coefficient (Wildman–Crippen LogP) is 7.44. The summed E-state index contributed by atoms with van der Waals surface area (Å²) in [6.45, 7) is 0. The Labute approximate surface area is 226 Å². The van der Waals surface area contributed by atoms with Crippen molar-refractivity contribution in [2.24, 2.45) is 0 Å². The van der Waals surface area contributed by atoms with E-state index in [0.29, 0.717) is 27.2 Å². The van der Waals surface area contributed by atoms with Crippen molar-refractivity contribution in [3.8, 4) is 11.5 Å². The number of sulfonamides is 1. The Morgan fingerprint density at radius 1 is 0.857 bits per heavy atom. The van der Waals surface area contributed by atoms with Gasteiger partial charge in [0.25, 0.3) is 15.9 Å². The number of para-hydroxylation sites is 1. The van der Waals surface area contributed by atoms with Gasteiger partial charge in [-0.2, -0.15) is 0 Å². The van der Waals surface area contributed by atoms with Crippen molar-refractivity contribution in [2.75, 3.05) is 10.0 Å². The van der Waals surface area contributed by atoms with Crippen LogP contribution in [0, 0.1) is 3.57 Å². The molecule has 4 aromatic carbocycles. The van der Waals surface area contributed by atoms with E-state index in [4.69, 9.17) is 27.9 Å². The van der Waals surface area contributed by atoms with Gasteiger partial charge >= 0.3 is 0 Å². The van der Waals surface area contributed by atoms with E-state index in [9.17, 15) is 13.2 Å². The van der Waals surface area contributed by atoms with Crippen LogP contribution in [0.2, 0.25) is 10.0 Å². The smallest absolute Gasteiger partial charge is 0.261 e. The summed E-state index contributed by atoms with van der Waals surface area (Å²) in [6.07, 6.45) is 0. The molecule has 6 nitrogen and oxygen atoms in total. The highest BCUT2D eigenvalue weighted by molar-refractivity contribution is 14.1. The fraction of sp³-hybridized carbons (Fsp3) is 0. The van der Waals surface area contributed by atoms with Gasteiger partial charge in [0, 0.05) is 14.3 Å². The molecule has 0 spiro atoms. The lowest BCUT2D eigenvalue weighted by atomic mass is 10.1. The third kappa shape index (κ3) is 6.46. The average molecular weight is 639 g/mol. The van der Waals surface area contributed by atoms with E-state index in [1.807, 2.05) is 6.07 Å². The first kappa shape index (κ1) is 25.3. The fourth-order valence-corrected chi connectivity index (χ4v) is 5.07. The molecule has 0 radical (unpaired) electrons. The summed E-state index contributed by atoms with van der Waals surface area (Å²) < 4.78 is 35.2. The van der Waals surface area contributed by atoms with Crippen LogP contribution in [0.5, 0.6) is 11.5 Å². The molecule has 0 atom stereocenters. The van der Waals surface area contributed by atoms with E-state index in [0.717, 1.165) is 3.57 Å². The maximum absolute atomic E-state index is 13.0. The van der Waals surface area contributed by atoms with Crippen molar-refractivity contribution in [2.45, 2.75) is 4.90 Å². The highest BCUT2D eigenvalue weighted by Gasteiger charge is 2.20. The number of hydrogen-bond donors (Lipinski definition) is 2. The lowest BCUT2D eigenvalue weighted by molar-refractivity contribution is 0.102. The van der Waals surface area contributed by atoms with Crippen LogP contribution in [-0.4, -0.2) is 14.3 Å². The summed E-state index contributed by atoms with van der Waals surface area (Å²) in [7, 11) is -4.02. The SMILES string of the molecule is O=C(Nc1cccc(I)c1)c1cc(Cl)ccc1NS(=O)(=O)c1ccc(Oc2ccccc2Cl)cc1. The lowest BCUT2D eigenvalue weighted by Gasteiger charge is -2.14. The van der Waals surface area contributed by atoms with Crippen LogP contribution in [0.1, 0.15) is 10.4 Å². The van der Waals surface area contributed by atoms with E-state index in [1.165, 1.54) is 42.5 Å². The summed E-state index contributed by atoms with van der Waals surface area (Å²) in [5.41, 5.74) is 0.748. The molecule has 0 aromatic heterocycles. The van der Waals surface area contributed by atoms with Crippen molar-refractivity contribution in [3.63, 3.8) is 0 Å². The second-order valence-electron chi connectivity index (χ2n) is 7.26. The van der Waals surface area contributed by atoms with Gasteiger partial charge in [0.15, 0.2) is 0 Å². The van der Waals surface area contributed by atoms with Gasteiger partial charge in [0.2, 0.25) is 0 Å². The molecule has 0 saturated carbocycles. The molecule has 10 heteroatoms. The Balaban J connectivity index is 1.55. The molecule has 0 aliphatic rings. The third-order valence-corrected chi connectivity index (χ3v) is 7.35. The van der Waals surface area contributed by atoms with E-state index >= 15 is 0 Å². The van der Waals surface area contributed by atoms with Gasteiger partial charge in [0.05, 0.1) is 21.2 Å². The maximum atomic E-state index is 13.0. The van der Waals surface area contributed by atoms with Crippen LogP contribution in [0.4, 0.5) is 11.4 Å². The Hall–Kier alpha value is -2.79. The summed E-state index contributed by atoms with van der Waals surface area (Å²) in [6, 6.07) is 24.4. The molecule has 2 N–H and O–H groups in total. The van der Waals surface area contributed by atoms with Crippen molar-refractivity contribution in [1.29, 1.82) is 0 Å². The number of hydrogen-bond acceptors (Lipinski definition) is 4. The summed E-state index contributed by atoms with van der Waals surface area (Å²) in [4.78, 5) is 12.9. The monoisotopic (exact) mass is 638 g/mol. The van der Waals surface area contributed by atoms with Crippen LogP contribution < -0.4 is 14.8 Å². The third-order valence-electron chi connectivity index (χ3n) is 4.75. The molecule has 35 heavy (non-hydrogen) atoms. The van der Waals surface area contributed by atoms with Gasteiger partial charge in [-0.3, -0.25) is 9.52 Å². The molecule has 0 unspecified atom stereocenters. The van der Waals surface area contributed by atoms with Gasteiger partial charge in [-0.15, -0.1) is 0 Å². The van der Waals surface area contributed by atoms with Crippen LogP contribution in [0.25, 0.3) is 0 Å². The first-order valence-electron chi connectivity index (χ1n) is 10.1. The molecule has 0 aliphatic carbocycles. The van der Waals surface area contributed by atoms with E-state index in [-0.39, 0.29) is 16.1 Å². The van der Waals surface area contributed by atoms with Crippen molar-refractivity contribution >= 4 is 73.1 Å². The van der Waals surface area contributed by atoms with Crippen molar-refractivity contribution < 1.29 is 17.9 Å². The minimum atomic E-state index is -4.02. The number of ether oxygens (including phenoxy) is 1. The average Bonchev–Trinajstić information content (AvgIpc) is 2.82. The number of nitrogens with one attached hydrogen (secondary N) is 2. The van der Waals surface area contributed by atoms with Crippen LogP contribution in [-0.2, 0) is 10.0 Å². The van der Waals surface area contributed by atoms with Gasteiger partial charge in [-0.1, -0.05) is 41.4 Å². The number of carbonyl (C=O) groups is 1. The maximum Gasteiger partial charge on any atom is 0.261 e. The second-order valence-corrected chi connectivity index (χ2v) is 11.0. The molecule has 178 valence electrons. The number of amides is 1. The molecular weight excluding hydrogens is 622 g/mol. The van der Waals surface area contributed by atoms with Crippen LogP contribution in [0.15, 0.2) is 95.9 Å². The van der Waals surface area contributed by atoms with Gasteiger partial charge in [-0.25, -0.2) is 8.42 Å². The Morgan fingerprint density at radius 3 is 2.31 bits per heavy atom. The molecule has 0 aliphatic heterocycles. The molecule has 1 amide bonds. The summed E-state index contributed by atoms with van der Waals surface area (Å²) in [5, 5.41) is 3.49. The quantitative estimate of drug-likeness (QED) is 0.206. The second kappa shape index (κ2) is 10.9. The molecule has 0 heterocycles. The standard InChI is InChI=1S/C25H17Cl2IN2O4S/c26-16-8-13-23(21(14-16)25(31)29-18-5-3-4-17(28)15-18)30-35(32,33)20-11-9-19(10-12-20)34-24-7-2-1-6-22(24)27/h1-15,30H,(H,29,31). The lowest BCUT2D eigenvalue weighted by Crippen LogP contribution is -2.18. The molecular formula is C25H17Cl2IN2O4S. The molecule has 0 saturated heterocycles. The Kier molecular flexibility index (Phi) is 7.85. The fourth-order valence-electron chi connectivity index (χ4n) is 3.10. The normalized spacial score (nSPS) is 11.1. The van der Waals surface area contributed by atoms with Crippen LogP contribution >= 0.6 is 45.8 Å². The summed E-state index contributed by atoms with van der Waals surface area (Å²) >= 11 is 14.3. The topological polar surface area (TPSA) is 84.5 Å². The highest BCUT2D eigenvalue weighted by atomic mass is 127. The zero-order valence-corrected chi connectivity index (χ0v) is 22.3. The Bertz CT molecular complexity index is 1500. The first-order valence-corrected chi connectivity index (χ1v) is 13.4. The number of anilines is 2. The number of benzene rings is 4. The minimum absolute atomic E-state index is 0.0112. The minimum Gasteiger partial charge on any atom is -0.456 e. The van der Waals surface area contributed by atoms with Gasteiger partial charge in [0.1, 0.15) is 11.5 Å². The number of halogens is 3. The largest absolute Gasteiger partial charge is 0.456 e. The van der Waals surface area contributed by atoms with Gasteiger partial charge < -0.3 is 10.1 Å². The van der Waals surface area contributed by atoms with E-state index < -0.39 is 15.9 Å². The predicted molar refractivity (Wildman–Crippen MR) is 147 cm³/mol. The Morgan fingerprint density at radius 2 is 1.60 bits per heavy atom. The van der Waals surface area contributed by atoms with Crippen molar-refractivity contribution in [1.82, 2.24) is 0 Å². The first-order chi connectivity index (χ1) is 16.7. The van der Waals surface area contributed by atoms with E-state index in [2.05, 4.69) is 32.6 Å². The zero-order chi connectivity index (χ0) is 25.0. The number of rotatable bonds is 7. The molecule has 4 aromatic rings. The molecule has 4 rings (SSSR count). The van der Waals surface area contributed by atoms with Gasteiger partial charge in [-0.05, 0) is 95.4 Å². The van der Waals surface area contributed by atoms with Crippen LogP contribution in [0.3, 0.4) is 0 Å². The summed E-state index contributed by atoms with van der Waals surface area (Å²) in [5.74, 6) is 0.365. The van der Waals surface area contributed by atoms with E-state index in [1.54, 1.807) is 42.5 Å². The molecule has 0 bridgehead atoms.